The molecule has 2 aliphatic rings. The van der Waals surface area contributed by atoms with Crippen LogP contribution in [-0.4, -0.2) is 25.0 Å². The second-order valence-corrected chi connectivity index (χ2v) is 4.90. The van der Waals surface area contributed by atoms with Gasteiger partial charge < -0.3 is 9.47 Å². The van der Waals surface area contributed by atoms with Crippen LogP contribution in [0.4, 0.5) is 0 Å². The molecule has 2 heterocycles. The summed E-state index contributed by atoms with van der Waals surface area (Å²) in [6.45, 7) is 1.09. The number of benzene rings is 2. The first kappa shape index (κ1) is 10.4. The normalized spacial score (nSPS) is 27.3. The Kier molecular flexibility index (Phi) is 2.13. The first-order valence-corrected chi connectivity index (χ1v) is 6.29. The Morgan fingerprint density at radius 1 is 0.944 bits per heavy atom. The van der Waals surface area contributed by atoms with Crippen molar-refractivity contribution in [3.63, 3.8) is 0 Å². The van der Waals surface area contributed by atoms with Crippen molar-refractivity contribution in [1.82, 2.24) is 4.81 Å². The third-order valence-electron chi connectivity index (χ3n) is 3.90. The van der Waals surface area contributed by atoms with E-state index < -0.39 is 0 Å². The minimum absolute atomic E-state index is 0.317. The standard InChI is InChI=1S/C15H13BNO/c1-3-7-12(8-4-1)15(13-9-5-2-6-10-13)14-11-17(14)16-18-15/h1-10,14H,11H2/t14-,17?/m0/s1. The first-order valence-electron chi connectivity index (χ1n) is 6.29. The number of hydrogen-bond donors (Lipinski definition) is 0. The maximum absolute atomic E-state index is 6.08. The molecular formula is C15H13BNO. The van der Waals surface area contributed by atoms with Gasteiger partial charge in [0.15, 0.2) is 0 Å². The van der Waals surface area contributed by atoms with Crippen LogP contribution in [0.5, 0.6) is 0 Å². The molecule has 2 aromatic rings. The highest BCUT2D eigenvalue weighted by Crippen LogP contribution is 2.49. The third kappa shape index (κ3) is 1.32. The second-order valence-electron chi connectivity index (χ2n) is 4.90. The summed E-state index contributed by atoms with van der Waals surface area (Å²) in [5.74, 6) is 0. The highest BCUT2D eigenvalue weighted by Gasteiger charge is 2.60. The van der Waals surface area contributed by atoms with Crippen LogP contribution >= 0.6 is 0 Å². The van der Waals surface area contributed by atoms with Gasteiger partial charge in [0.2, 0.25) is 0 Å². The van der Waals surface area contributed by atoms with Crippen LogP contribution in [0.2, 0.25) is 0 Å². The molecule has 0 saturated carbocycles. The fourth-order valence-corrected chi connectivity index (χ4v) is 2.92. The molecule has 0 spiro atoms. The Balaban J connectivity index is 1.90. The van der Waals surface area contributed by atoms with E-state index in [9.17, 15) is 0 Å². The molecule has 3 heteroatoms. The van der Waals surface area contributed by atoms with Gasteiger partial charge in [0, 0.05) is 12.6 Å². The van der Waals surface area contributed by atoms with Crippen LogP contribution < -0.4 is 0 Å². The van der Waals surface area contributed by atoms with Gasteiger partial charge in [-0.15, -0.1) is 0 Å². The summed E-state index contributed by atoms with van der Waals surface area (Å²) in [6, 6.07) is 21.5. The lowest BCUT2D eigenvalue weighted by molar-refractivity contribution is 0.138. The van der Waals surface area contributed by atoms with Gasteiger partial charge in [-0.25, -0.2) is 0 Å². The van der Waals surface area contributed by atoms with Crippen molar-refractivity contribution >= 4 is 7.62 Å². The fourth-order valence-electron chi connectivity index (χ4n) is 2.92. The molecule has 1 unspecified atom stereocenters. The van der Waals surface area contributed by atoms with E-state index in [1.54, 1.807) is 0 Å². The summed E-state index contributed by atoms with van der Waals surface area (Å²) in [7, 11) is 1.88. The summed E-state index contributed by atoms with van der Waals surface area (Å²) in [5, 5.41) is 0. The molecule has 1 radical (unpaired) electrons. The number of nitrogens with zero attached hydrogens (tertiary/aromatic N) is 1. The Morgan fingerprint density at radius 2 is 1.50 bits per heavy atom. The number of fused-ring (bicyclic) bond motifs is 1. The van der Waals surface area contributed by atoms with Gasteiger partial charge in [0.1, 0.15) is 5.60 Å². The Morgan fingerprint density at radius 3 is 1.89 bits per heavy atom. The van der Waals surface area contributed by atoms with Gasteiger partial charge >= 0.3 is 7.62 Å². The predicted molar refractivity (Wildman–Crippen MR) is 71.0 cm³/mol. The minimum Gasteiger partial charge on any atom is -0.409 e. The van der Waals surface area contributed by atoms with Crippen molar-refractivity contribution in [2.24, 2.45) is 0 Å². The van der Waals surface area contributed by atoms with Crippen molar-refractivity contribution in [3.8, 4) is 0 Å². The lowest BCUT2D eigenvalue weighted by Gasteiger charge is -2.31. The lowest BCUT2D eigenvalue weighted by Crippen LogP contribution is -2.34. The summed E-state index contributed by atoms with van der Waals surface area (Å²) >= 11 is 0. The highest BCUT2D eigenvalue weighted by atomic mass is 16.5. The zero-order valence-corrected chi connectivity index (χ0v) is 9.99. The van der Waals surface area contributed by atoms with Crippen molar-refractivity contribution in [1.29, 1.82) is 0 Å². The van der Waals surface area contributed by atoms with E-state index in [1.165, 1.54) is 11.1 Å². The van der Waals surface area contributed by atoms with E-state index in [4.69, 9.17) is 4.65 Å². The smallest absolute Gasteiger partial charge is 0.400 e. The Hall–Kier alpha value is -1.58. The maximum Gasteiger partial charge on any atom is 0.400 e. The van der Waals surface area contributed by atoms with E-state index in [-0.39, 0.29) is 5.60 Å². The molecule has 0 aromatic heterocycles. The van der Waals surface area contributed by atoms with E-state index in [0.29, 0.717) is 6.04 Å². The minimum atomic E-state index is -0.317. The SMILES string of the molecule is [B]1OC(c2ccccc2)(c2ccccc2)[C@@H]2CN12. The molecule has 4 rings (SSSR count). The van der Waals surface area contributed by atoms with Gasteiger partial charge in [-0.05, 0) is 11.1 Å². The second kappa shape index (κ2) is 3.71. The molecular weight excluding hydrogens is 221 g/mol. The summed E-state index contributed by atoms with van der Waals surface area (Å²) in [4.78, 5) is 2.25. The van der Waals surface area contributed by atoms with Crippen LogP contribution in [-0.2, 0) is 10.3 Å². The quantitative estimate of drug-likeness (QED) is 0.583. The predicted octanol–water partition coefficient (Wildman–Crippen LogP) is 2.18. The molecule has 0 bridgehead atoms. The molecule has 2 nitrogen and oxygen atoms in total. The molecule has 0 amide bonds. The van der Waals surface area contributed by atoms with Crippen LogP contribution in [0.15, 0.2) is 60.7 Å². The maximum atomic E-state index is 6.08. The molecule has 2 aliphatic heterocycles. The van der Waals surface area contributed by atoms with E-state index in [2.05, 4.69) is 53.3 Å². The van der Waals surface area contributed by atoms with Crippen LogP contribution in [0.3, 0.4) is 0 Å². The van der Waals surface area contributed by atoms with E-state index in [1.807, 2.05) is 19.7 Å². The summed E-state index contributed by atoms with van der Waals surface area (Å²) < 4.78 is 6.08. The largest absolute Gasteiger partial charge is 0.409 e. The molecule has 0 N–H and O–H groups in total. The molecule has 18 heavy (non-hydrogen) atoms. The third-order valence-corrected chi connectivity index (χ3v) is 3.90. The van der Waals surface area contributed by atoms with Gasteiger partial charge in [0.25, 0.3) is 0 Å². The average molecular weight is 234 g/mol. The van der Waals surface area contributed by atoms with Gasteiger partial charge in [0.05, 0.1) is 0 Å². The van der Waals surface area contributed by atoms with Crippen molar-refractivity contribution in [2.75, 3.05) is 6.54 Å². The zero-order chi connectivity index (χ0) is 12.0. The Bertz CT molecular complexity index is 518. The molecule has 2 fully saturated rings. The molecule has 0 aliphatic carbocycles. The van der Waals surface area contributed by atoms with E-state index in [0.717, 1.165) is 6.54 Å². The fraction of sp³-hybridized carbons (Fsp3) is 0.200. The zero-order valence-electron chi connectivity index (χ0n) is 9.99. The van der Waals surface area contributed by atoms with Crippen molar-refractivity contribution < 1.29 is 4.65 Å². The molecule has 2 atom stereocenters. The number of hydrogen-bond acceptors (Lipinski definition) is 2. The van der Waals surface area contributed by atoms with Gasteiger partial charge in [-0.2, -0.15) is 0 Å². The Labute approximate surface area is 107 Å². The van der Waals surface area contributed by atoms with Crippen LogP contribution in [0, 0.1) is 0 Å². The molecule has 87 valence electrons. The van der Waals surface area contributed by atoms with E-state index >= 15 is 0 Å². The number of rotatable bonds is 2. The van der Waals surface area contributed by atoms with Gasteiger partial charge in [-0.1, -0.05) is 60.7 Å². The van der Waals surface area contributed by atoms with Crippen molar-refractivity contribution in [2.45, 2.75) is 11.6 Å². The average Bonchev–Trinajstić information content (AvgIpc) is 3.15. The van der Waals surface area contributed by atoms with Crippen molar-refractivity contribution in [3.05, 3.63) is 71.8 Å². The van der Waals surface area contributed by atoms with Crippen LogP contribution in [0.25, 0.3) is 0 Å². The lowest BCUT2D eigenvalue weighted by atomic mass is 9.83. The molecule has 2 aromatic carbocycles. The monoisotopic (exact) mass is 234 g/mol. The molecule has 2 saturated heterocycles. The highest BCUT2D eigenvalue weighted by molar-refractivity contribution is 6.26. The summed E-state index contributed by atoms with van der Waals surface area (Å²) in [5.41, 5.74) is 2.15. The van der Waals surface area contributed by atoms with Crippen LogP contribution in [0.1, 0.15) is 11.1 Å². The van der Waals surface area contributed by atoms with Gasteiger partial charge in [-0.3, -0.25) is 0 Å². The summed E-state index contributed by atoms with van der Waals surface area (Å²) in [6.07, 6.45) is 0. The topological polar surface area (TPSA) is 12.2 Å². The first-order chi connectivity index (χ1) is 8.91.